The number of hydrogen-bond acceptors (Lipinski definition) is 2. The first-order chi connectivity index (χ1) is 12.0. The molecule has 3 rings (SSSR count). The molecule has 0 fully saturated rings. The van der Waals surface area contributed by atoms with E-state index in [0.717, 1.165) is 28.5 Å². The Morgan fingerprint density at radius 3 is 2.48 bits per heavy atom. The molecule has 3 aromatic rings. The van der Waals surface area contributed by atoms with Gasteiger partial charge in [-0.05, 0) is 47.5 Å². The first-order valence-electron chi connectivity index (χ1n) is 7.98. The van der Waals surface area contributed by atoms with Gasteiger partial charge < -0.3 is 10.5 Å². The summed E-state index contributed by atoms with van der Waals surface area (Å²) < 4.78 is 44.3. The Kier molecular flexibility index (Phi) is 4.95. The van der Waals surface area contributed by atoms with Crippen LogP contribution < -0.4 is 10.5 Å². The third-order valence-electron chi connectivity index (χ3n) is 4.04. The lowest BCUT2D eigenvalue weighted by molar-refractivity contribution is -0.137. The van der Waals surface area contributed by atoms with Crippen LogP contribution in [0.15, 0.2) is 60.7 Å². The monoisotopic (exact) mass is 345 g/mol. The van der Waals surface area contributed by atoms with E-state index in [2.05, 4.69) is 0 Å². The molecule has 130 valence electrons. The summed E-state index contributed by atoms with van der Waals surface area (Å²) in [6.45, 7) is 0.535. The van der Waals surface area contributed by atoms with Gasteiger partial charge in [0.2, 0.25) is 0 Å². The number of nitrogens with two attached hydrogens (primary N) is 1. The van der Waals surface area contributed by atoms with E-state index in [1.165, 1.54) is 6.07 Å². The highest BCUT2D eigenvalue weighted by Gasteiger charge is 2.30. The van der Waals surface area contributed by atoms with E-state index in [-0.39, 0.29) is 6.61 Å². The Hall–Kier alpha value is -2.53. The molecule has 0 amide bonds. The molecule has 0 unspecified atom stereocenters. The number of hydrogen-bond donors (Lipinski definition) is 1. The van der Waals surface area contributed by atoms with Crippen molar-refractivity contribution in [3.8, 4) is 5.75 Å². The lowest BCUT2D eigenvalue weighted by Gasteiger charge is -2.15. The summed E-state index contributed by atoms with van der Waals surface area (Å²) in [5, 5.41) is 2.13. The fourth-order valence-corrected chi connectivity index (χ4v) is 2.85. The molecule has 3 aromatic carbocycles. The molecule has 0 aliphatic heterocycles. The first-order valence-corrected chi connectivity index (χ1v) is 7.98. The van der Waals surface area contributed by atoms with Crippen LogP contribution >= 0.6 is 0 Å². The number of rotatable bonds is 5. The van der Waals surface area contributed by atoms with Gasteiger partial charge in [0.25, 0.3) is 0 Å². The largest absolute Gasteiger partial charge is 0.489 e. The first kappa shape index (κ1) is 17.3. The Bertz CT molecular complexity index is 874. The van der Waals surface area contributed by atoms with Crippen molar-refractivity contribution in [3.63, 3.8) is 0 Å². The highest BCUT2D eigenvalue weighted by atomic mass is 19.4. The van der Waals surface area contributed by atoms with Crippen molar-refractivity contribution >= 4 is 10.8 Å². The van der Waals surface area contributed by atoms with Crippen molar-refractivity contribution in [1.29, 1.82) is 0 Å². The summed E-state index contributed by atoms with van der Waals surface area (Å²) in [5.41, 5.74) is 6.50. The van der Waals surface area contributed by atoms with Crippen molar-refractivity contribution in [2.45, 2.75) is 19.2 Å². The van der Waals surface area contributed by atoms with E-state index >= 15 is 0 Å². The van der Waals surface area contributed by atoms with Crippen LogP contribution in [-0.4, -0.2) is 6.54 Å². The lowest BCUT2D eigenvalue weighted by Crippen LogP contribution is -2.08. The summed E-state index contributed by atoms with van der Waals surface area (Å²) >= 11 is 0. The number of ether oxygens (including phenoxy) is 1. The second-order valence-corrected chi connectivity index (χ2v) is 5.79. The molecule has 2 N–H and O–H groups in total. The summed E-state index contributed by atoms with van der Waals surface area (Å²) in [6.07, 6.45) is -3.72. The minimum atomic E-state index is -4.36. The van der Waals surface area contributed by atoms with Gasteiger partial charge in [0.05, 0.1) is 5.56 Å². The van der Waals surface area contributed by atoms with Crippen LogP contribution in [0.1, 0.15) is 16.7 Å². The molecule has 25 heavy (non-hydrogen) atoms. The minimum Gasteiger partial charge on any atom is -0.489 e. The molecule has 0 saturated heterocycles. The number of benzene rings is 3. The van der Waals surface area contributed by atoms with Gasteiger partial charge in [0, 0.05) is 5.56 Å². The molecule has 0 radical (unpaired) electrons. The van der Waals surface area contributed by atoms with Gasteiger partial charge in [0.1, 0.15) is 12.4 Å². The van der Waals surface area contributed by atoms with Gasteiger partial charge >= 0.3 is 6.18 Å². The maximum atomic E-state index is 12.8. The predicted octanol–water partition coefficient (Wildman–Crippen LogP) is 4.94. The zero-order chi connectivity index (χ0) is 17.9. The molecule has 0 saturated carbocycles. The average molecular weight is 345 g/mol. The fraction of sp³-hybridized carbons (Fsp3) is 0.200. The number of fused-ring (bicyclic) bond motifs is 1. The molecule has 0 bridgehead atoms. The second kappa shape index (κ2) is 7.15. The maximum Gasteiger partial charge on any atom is 0.416 e. The molecule has 0 spiro atoms. The Morgan fingerprint density at radius 1 is 0.920 bits per heavy atom. The van der Waals surface area contributed by atoms with Crippen LogP contribution in [0.4, 0.5) is 13.2 Å². The Balaban J connectivity index is 1.87. The standard InChI is InChI=1S/C20H18F3NO/c21-20(22,23)16-6-3-4-14(12-16)13-25-19-9-8-15-5-1-2-7-17(15)18(19)10-11-24/h1-9,12H,10-11,13,24H2. The quantitative estimate of drug-likeness (QED) is 0.711. The van der Waals surface area contributed by atoms with E-state index < -0.39 is 11.7 Å². The van der Waals surface area contributed by atoms with Gasteiger partial charge in [0.15, 0.2) is 0 Å². The van der Waals surface area contributed by atoms with E-state index in [1.807, 2.05) is 36.4 Å². The highest BCUT2D eigenvalue weighted by Crippen LogP contribution is 2.31. The van der Waals surface area contributed by atoms with E-state index in [9.17, 15) is 13.2 Å². The molecule has 5 heteroatoms. The van der Waals surface area contributed by atoms with Crippen molar-refractivity contribution < 1.29 is 17.9 Å². The van der Waals surface area contributed by atoms with Crippen molar-refractivity contribution in [2.24, 2.45) is 5.73 Å². The van der Waals surface area contributed by atoms with Crippen LogP contribution in [0, 0.1) is 0 Å². The van der Waals surface area contributed by atoms with Gasteiger partial charge in [-0.2, -0.15) is 13.2 Å². The topological polar surface area (TPSA) is 35.2 Å². The zero-order valence-corrected chi connectivity index (χ0v) is 13.5. The zero-order valence-electron chi connectivity index (χ0n) is 13.5. The summed E-state index contributed by atoms with van der Waals surface area (Å²) in [7, 11) is 0. The van der Waals surface area contributed by atoms with Crippen LogP contribution in [0.2, 0.25) is 0 Å². The van der Waals surface area contributed by atoms with Gasteiger partial charge in [-0.25, -0.2) is 0 Å². The third-order valence-corrected chi connectivity index (χ3v) is 4.04. The Labute approximate surface area is 144 Å². The molecule has 2 nitrogen and oxygen atoms in total. The van der Waals surface area contributed by atoms with E-state index in [4.69, 9.17) is 10.5 Å². The minimum absolute atomic E-state index is 0.0693. The van der Waals surface area contributed by atoms with Crippen LogP contribution in [0.3, 0.4) is 0 Å². The van der Waals surface area contributed by atoms with E-state index in [0.29, 0.717) is 24.3 Å². The van der Waals surface area contributed by atoms with E-state index in [1.54, 1.807) is 6.07 Å². The van der Waals surface area contributed by atoms with Gasteiger partial charge in [-0.3, -0.25) is 0 Å². The summed E-state index contributed by atoms with van der Waals surface area (Å²) in [5.74, 6) is 0.654. The van der Waals surface area contributed by atoms with Gasteiger partial charge in [-0.15, -0.1) is 0 Å². The molecule has 0 aliphatic carbocycles. The highest BCUT2D eigenvalue weighted by molar-refractivity contribution is 5.87. The van der Waals surface area contributed by atoms with Crippen molar-refractivity contribution in [1.82, 2.24) is 0 Å². The third kappa shape index (κ3) is 3.94. The molecular formula is C20H18F3NO. The molecular weight excluding hydrogens is 327 g/mol. The summed E-state index contributed by atoms with van der Waals surface area (Å²) in [6, 6.07) is 16.9. The summed E-state index contributed by atoms with van der Waals surface area (Å²) in [4.78, 5) is 0. The van der Waals surface area contributed by atoms with Crippen LogP contribution in [-0.2, 0) is 19.2 Å². The van der Waals surface area contributed by atoms with Gasteiger partial charge in [-0.1, -0.05) is 42.5 Å². The Morgan fingerprint density at radius 2 is 1.72 bits per heavy atom. The average Bonchev–Trinajstić information content (AvgIpc) is 2.61. The smallest absolute Gasteiger partial charge is 0.416 e. The van der Waals surface area contributed by atoms with Crippen LogP contribution in [0.25, 0.3) is 10.8 Å². The predicted molar refractivity (Wildman–Crippen MR) is 92.5 cm³/mol. The fourth-order valence-electron chi connectivity index (χ4n) is 2.85. The second-order valence-electron chi connectivity index (χ2n) is 5.79. The normalized spacial score (nSPS) is 11.7. The molecule has 0 aromatic heterocycles. The maximum absolute atomic E-state index is 12.8. The molecule has 0 heterocycles. The molecule has 0 atom stereocenters. The number of alkyl halides is 3. The van der Waals surface area contributed by atoms with Crippen LogP contribution in [0.5, 0.6) is 5.75 Å². The number of halogens is 3. The van der Waals surface area contributed by atoms with Crippen molar-refractivity contribution in [3.05, 3.63) is 77.4 Å². The molecule has 0 aliphatic rings. The SMILES string of the molecule is NCCc1c(OCc2cccc(C(F)(F)F)c2)ccc2ccccc12. The lowest BCUT2D eigenvalue weighted by atomic mass is 10.0. The van der Waals surface area contributed by atoms with Crippen molar-refractivity contribution in [2.75, 3.05) is 6.54 Å².